The standard InChI is InChI=1S/C16H26N2O3/c1-11-5-13(17)10-18(8-11)9-12-6-14(19-2)16(21-4)15(7-12)20-3/h6-7,11,13H,5,8-10,17H2,1-4H3. The highest BCUT2D eigenvalue weighted by Crippen LogP contribution is 2.38. The molecule has 1 saturated heterocycles. The van der Waals surface area contributed by atoms with Crippen molar-refractivity contribution in [3.63, 3.8) is 0 Å². The van der Waals surface area contributed by atoms with Crippen LogP contribution in [0.25, 0.3) is 0 Å². The smallest absolute Gasteiger partial charge is 0.203 e. The molecule has 2 atom stereocenters. The van der Waals surface area contributed by atoms with E-state index in [2.05, 4.69) is 11.8 Å². The van der Waals surface area contributed by atoms with E-state index in [0.717, 1.165) is 31.6 Å². The van der Waals surface area contributed by atoms with Gasteiger partial charge in [-0.1, -0.05) is 6.92 Å². The van der Waals surface area contributed by atoms with Crippen molar-refractivity contribution in [3.05, 3.63) is 17.7 Å². The van der Waals surface area contributed by atoms with Crippen molar-refractivity contribution in [2.24, 2.45) is 11.7 Å². The van der Waals surface area contributed by atoms with Crippen LogP contribution >= 0.6 is 0 Å². The van der Waals surface area contributed by atoms with Crippen molar-refractivity contribution in [2.45, 2.75) is 25.9 Å². The predicted molar refractivity (Wildman–Crippen MR) is 83.1 cm³/mol. The Morgan fingerprint density at radius 2 is 1.71 bits per heavy atom. The van der Waals surface area contributed by atoms with Crippen molar-refractivity contribution in [3.8, 4) is 17.2 Å². The predicted octanol–water partition coefficient (Wildman–Crippen LogP) is 1.88. The fraction of sp³-hybridized carbons (Fsp3) is 0.625. The molecule has 1 aromatic carbocycles. The van der Waals surface area contributed by atoms with Gasteiger partial charge >= 0.3 is 0 Å². The normalized spacial score (nSPS) is 22.9. The van der Waals surface area contributed by atoms with E-state index in [1.54, 1.807) is 21.3 Å². The molecule has 1 aliphatic heterocycles. The first kappa shape index (κ1) is 15.9. The van der Waals surface area contributed by atoms with Gasteiger partial charge in [0.2, 0.25) is 5.75 Å². The molecule has 1 aromatic rings. The molecule has 0 amide bonds. The molecular formula is C16H26N2O3. The molecule has 1 heterocycles. The molecule has 21 heavy (non-hydrogen) atoms. The van der Waals surface area contributed by atoms with E-state index in [4.69, 9.17) is 19.9 Å². The summed E-state index contributed by atoms with van der Waals surface area (Å²) in [5, 5.41) is 0. The molecular weight excluding hydrogens is 268 g/mol. The summed E-state index contributed by atoms with van der Waals surface area (Å²) in [6.07, 6.45) is 1.10. The lowest BCUT2D eigenvalue weighted by atomic mass is 9.96. The Morgan fingerprint density at radius 3 is 2.19 bits per heavy atom. The van der Waals surface area contributed by atoms with Crippen LogP contribution in [0.5, 0.6) is 17.2 Å². The molecule has 5 heteroatoms. The SMILES string of the molecule is COc1cc(CN2CC(C)CC(N)C2)cc(OC)c1OC. The minimum absolute atomic E-state index is 0.260. The van der Waals surface area contributed by atoms with Gasteiger partial charge in [-0.2, -0.15) is 0 Å². The van der Waals surface area contributed by atoms with Crippen LogP contribution in [0.15, 0.2) is 12.1 Å². The Kier molecular flexibility index (Phi) is 5.31. The fourth-order valence-electron chi connectivity index (χ4n) is 3.13. The Hall–Kier alpha value is -1.46. The van der Waals surface area contributed by atoms with E-state index in [9.17, 15) is 0 Å². The lowest BCUT2D eigenvalue weighted by Crippen LogP contribution is -2.45. The number of likely N-dealkylation sites (tertiary alicyclic amines) is 1. The van der Waals surface area contributed by atoms with E-state index in [1.807, 2.05) is 12.1 Å². The van der Waals surface area contributed by atoms with Crippen LogP contribution in [0.2, 0.25) is 0 Å². The molecule has 0 bridgehead atoms. The van der Waals surface area contributed by atoms with Gasteiger partial charge in [0.05, 0.1) is 21.3 Å². The molecule has 0 aliphatic carbocycles. The van der Waals surface area contributed by atoms with E-state index in [1.165, 1.54) is 0 Å². The minimum atomic E-state index is 0.260. The van der Waals surface area contributed by atoms with E-state index in [0.29, 0.717) is 23.2 Å². The average molecular weight is 294 g/mol. The second-order valence-corrected chi connectivity index (χ2v) is 5.83. The summed E-state index contributed by atoms with van der Waals surface area (Å²) >= 11 is 0. The first-order valence-corrected chi connectivity index (χ1v) is 7.34. The summed E-state index contributed by atoms with van der Waals surface area (Å²) < 4.78 is 16.2. The third-order valence-electron chi connectivity index (χ3n) is 3.90. The molecule has 5 nitrogen and oxygen atoms in total. The second-order valence-electron chi connectivity index (χ2n) is 5.83. The van der Waals surface area contributed by atoms with Crippen LogP contribution in [0.3, 0.4) is 0 Å². The van der Waals surface area contributed by atoms with Crippen LogP contribution in [0.4, 0.5) is 0 Å². The Bertz CT molecular complexity index is 444. The van der Waals surface area contributed by atoms with Gasteiger partial charge in [0, 0.05) is 25.7 Å². The number of nitrogens with zero attached hydrogens (tertiary/aromatic N) is 1. The van der Waals surface area contributed by atoms with Crippen LogP contribution in [-0.2, 0) is 6.54 Å². The zero-order valence-corrected chi connectivity index (χ0v) is 13.4. The number of rotatable bonds is 5. The second kappa shape index (κ2) is 7.00. The lowest BCUT2D eigenvalue weighted by Gasteiger charge is -2.34. The summed E-state index contributed by atoms with van der Waals surface area (Å²) in [7, 11) is 4.89. The Labute approximate surface area is 127 Å². The van der Waals surface area contributed by atoms with Gasteiger partial charge in [-0.25, -0.2) is 0 Å². The highest BCUT2D eigenvalue weighted by molar-refractivity contribution is 5.53. The summed E-state index contributed by atoms with van der Waals surface area (Å²) in [6.45, 7) is 5.10. The zero-order chi connectivity index (χ0) is 15.4. The maximum absolute atomic E-state index is 6.12. The number of hydrogen-bond acceptors (Lipinski definition) is 5. The Balaban J connectivity index is 2.19. The summed E-state index contributed by atoms with van der Waals surface area (Å²) in [5.74, 6) is 2.66. The first-order chi connectivity index (χ1) is 10.1. The monoisotopic (exact) mass is 294 g/mol. The van der Waals surface area contributed by atoms with Crippen LogP contribution < -0.4 is 19.9 Å². The van der Waals surface area contributed by atoms with Gasteiger partial charge < -0.3 is 19.9 Å². The highest BCUT2D eigenvalue weighted by Gasteiger charge is 2.23. The Morgan fingerprint density at radius 1 is 1.10 bits per heavy atom. The van der Waals surface area contributed by atoms with E-state index >= 15 is 0 Å². The maximum atomic E-state index is 6.12. The molecule has 1 fully saturated rings. The topological polar surface area (TPSA) is 57.0 Å². The molecule has 0 saturated carbocycles. The van der Waals surface area contributed by atoms with Crippen molar-refractivity contribution < 1.29 is 14.2 Å². The first-order valence-electron chi connectivity index (χ1n) is 7.34. The van der Waals surface area contributed by atoms with Crippen LogP contribution in [-0.4, -0.2) is 45.4 Å². The fourth-order valence-corrected chi connectivity index (χ4v) is 3.13. The summed E-state index contributed by atoms with van der Waals surface area (Å²) in [4.78, 5) is 2.39. The molecule has 2 rings (SSSR count). The van der Waals surface area contributed by atoms with Crippen molar-refractivity contribution in [1.29, 1.82) is 0 Å². The number of piperidine rings is 1. The van der Waals surface area contributed by atoms with Gasteiger partial charge in [0.1, 0.15) is 0 Å². The van der Waals surface area contributed by atoms with Gasteiger partial charge in [0.15, 0.2) is 11.5 Å². The third-order valence-corrected chi connectivity index (χ3v) is 3.90. The number of ether oxygens (including phenoxy) is 3. The van der Waals surface area contributed by atoms with E-state index in [-0.39, 0.29) is 6.04 Å². The van der Waals surface area contributed by atoms with Crippen LogP contribution in [0.1, 0.15) is 18.9 Å². The molecule has 0 aromatic heterocycles. The molecule has 0 radical (unpaired) electrons. The van der Waals surface area contributed by atoms with E-state index < -0.39 is 0 Å². The third kappa shape index (κ3) is 3.80. The van der Waals surface area contributed by atoms with Crippen molar-refractivity contribution in [1.82, 2.24) is 4.90 Å². The lowest BCUT2D eigenvalue weighted by molar-refractivity contribution is 0.158. The summed E-state index contributed by atoms with van der Waals surface area (Å²) in [5.41, 5.74) is 7.26. The quantitative estimate of drug-likeness (QED) is 0.898. The number of benzene rings is 1. The van der Waals surface area contributed by atoms with Gasteiger partial charge in [0.25, 0.3) is 0 Å². The number of methoxy groups -OCH3 is 3. The molecule has 118 valence electrons. The van der Waals surface area contributed by atoms with Crippen LogP contribution in [0, 0.1) is 5.92 Å². The average Bonchev–Trinajstić information content (AvgIpc) is 2.45. The van der Waals surface area contributed by atoms with Crippen molar-refractivity contribution in [2.75, 3.05) is 34.4 Å². The molecule has 1 aliphatic rings. The van der Waals surface area contributed by atoms with Crippen molar-refractivity contribution >= 4 is 0 Å². The highest BCUT2D eigenvalue weighted by atomic mass is 16.5. The summed E-state index contributed by atoms with van der Waals surface area (Å²) in [6, 6.07) is 4.27. The molecule has 2 N–H and O–H groups in total. The van der Waals surface area contributed by atoms with Gasteiger partial charge in [-0.3, -0.25) is 4.90 Å². The van der Waals surface area contributed by atoms with Gasteiger partial charge in [-0.15, -0.1) is 0 Å². The maximum Gasteiger partial charge on any atom is 0.203 e. The molecule has 2 unspecified atom stereocenters. The number of hydrogen-bond donors (Lipinski definition) is 1. The largest absolute Gasteiger partial charge is 0.493 e. The minimum Gasteiger partial charge on any atom is -0.493 e. The number of nitrogens with two attached hydrogens (primary N) is 1. The van der Waals surface area contributed by atoms with Gasteiger partial charge in [-0.05, 0) is 30.0 Å². The zero-order valence-electron chi connectivity index (χ0n) is 13.4. The molecule has 0 spiro atoms.